The van der Waals surface area contributed by atoms with Crippen LogP contribution in [-0.2, 0) is 16.2 Å². The molecule has 0 N–H and O–H groups in total. The number of imidazole rings is 1. The summed E-state index contributed by atoms with van der Waals surface area (Å²) in [6.07, 6.45) is 5.45. The maximum Gasteiger partial charge on any atom is 0.269 e. The van der Waals surface area contributed by atoms with Gasteiger partial charge in [0.25, 0.3) is 6.33 Å². The number of rotatable bonds is 9. The van der Waals surface area contributed by atoms with Crippen molar-refractivity contribution < 1.29 is 27.4 Å². The highest BCUT2D eigenvalue weighted by atomic mass is 16.5. The van der Waals surface area contributed by atoms with Crippen molar-refractivity contribution in [2.24, 2.45) is 0 Å². The first-order chi connectivity index (χ1) is 44.6. The predicted octanol–water partition coefficient (Wildman–Crippen LogP) is 20.5. The molecule has 0 aliphatic carbocycles. The van der Waals surface area contributed by atoms with Gasteiger partial charge >= 0.3 is 0 Å². The maximum atomic E-state index is 9.33. The van der Waals surface area contributed by atoms with Crippen LogP contribution in [0.2, 0.25) is 0 Å². The molecule has 0 fully saturated rings. The van der Waals surface area contributed by atoms with Gasteiger partial charge in [-0.05, 0) is 156 Å². The zero-order valence-corrected chi connectivity index (χ0v) is 48.3. The van der Waals surface area contributed by atoms with Gasteiger partial charge in [0.15, 0.2) is 0 Å². The van der Waals surface area contributed by atoms with Crippen molar-refractivity contribution in [2.75, 3.05) is 0 Å². The van der Waals surface area contributed by atoms with Crippen molar-refractivity contribution in [3.05, 3.63) is 259 Å². The number of aromatic nitrogens is 4. The van der Waals surface area contributed by atoms with Gasteiger partial charge in [0.2, 0.25) is 0 Å². The number of benzene rings is 10. The van der Waals surface area contributed by atoms with Crippen LogP contribution in [0.25, 0.3) is 116 Å². The Morgan fingerprint density at radius 2 is 1.08 bits per heavy atom. The number of nitrogens with zero attached hydrogens (tertiary/aromatic N) is 4. The van der Waals surface area contributed by atoms with Crippen molar-refractivity contribution in [2.45, 2.75) is 78.6 Å². The fraction of sp³-hybridized carbons (Fsp3) is 0.154. The van der Waals surface area contributed by atoms with Gasteiger partial charge in [-0.15, -0.1) is 0 Å². The molecule has 4 aromatic heterocycles. The molecule has 0 spiro atoms. The largest absolute Gasteiger partial charge is 0.458 e. The highest BCUT2D eigenvalue weighted by molar-refractivity contribution is 6.11. The molecule has 84 heavy (non-hydrogen) atoms. The lowest BCUT2D eigenvalue weighted by Crippen LogP contribution is -2.31. The molecular formula is C78H66N4O2. The summed E-state index contributed by atoms with van der Waals surface area (Å²) in [6.45, 7) is 20.1. The number of ether oxygens (including phenoxy) is 1. The van der Waals surface area contributed by atoms with Crippen LogP contribution in [0.3, 0.4) is 0 Å². The predicted molar refractivity (Wildman–Crippen MR) is 347 cm³/mol. The van der Waals surface area contributed by atoms with Crippen molar-refractivity contribution in [1.82, 2.24) is 14.1 Å². The normalized spacial score (nSPS) is 14.0. The first kappa shape index (κ1) is 42.1. The van der Waals surface area contributed by atoms with E-state index in [1.54, 1.807) is 22.8 Å². The van der Waals surface area contributed by atoms with Crippen molar-refractivity contribution >= 4 is 54.8 Å². The minimum absolute atomic E-state index is 0.0705. The van der Waals surface area contributed by atoms with Gasteiger partial charge in [-0.2, -0.15) is 0 Å². The molecule has 10 aromatic carbocycles. The molecule has 0 unspecified atom stereocenters. The lowest BCUT2D eigenvalue weighted by molar-refractivity contribution is -0.571. The molecule has 0 bridgehead atoms. The minimum Gasteiger partial charge on any atom is -0.458 e. The minimum atomic E-state index is -0.587. The lowest BCUT2D eigenvalue weighted by Gasteiger charge is -2.26. The molecule has 6 heteroatoms. The third-order valence-electron chi connectivity index (χ3n) is 16.0. The van der Waals surface area contributed by atoms with Crippen LogP contribution < -0.4 is 9.30 Å². The summed E-state index contributed by atoms with van der Waals surface area (Å²) < 4.78 is 109. The van der Waals surface area contributed by atoms with E-state index in [0.717, 1.165) is 66.2 Å². The smallest absolute Gasteiger partial charge is 0.269 e. The molecule has 0 aliphatic rings. The second-order valence-corrected chi connectivity index (χ2v) is 24.8. The highest BCUT2D eigenvalue weighted by Gasteiger charge is 2.25. The lowest BCUT2D eigenvalue weighted by atomic mass is 9.79. The van der Waals surface area contributed by atoms with Crippen LogP contribution >= 0.6 is 0 Å². The van der Waals surface area contributed by atoms with Gasteiger partial charge in [0.05, 0.1) is 47.1 Å². The molecule has 14 aromatic rings. The SMILES string of the molecule is [2H]c1c([2H])c([2H])c(-c2cccc(-c3c([2H])c([2H])c([2H])c([2H])c3[2H])c2-[n+]2[c-]n(-c3cccc(Oc4ccc5c6cc(-c7cc(C(C)(C)C)cc(C(C)(C)C)c7)ccc6n(-c6cc(C(C)(C)C)ccn6)c5c4)c3)c3cc4oc5ccc(-c6ccccc6)cc5c4cc32)c([2H])c1[2H]. The average Bonchev–Trinajstić information content (AvgIpc) is 1.50. The van der Waals surface area contributed by atoms with Crippen molar-refractivity contribution in [3.8, 4) is 73.2 Å². The number of fused-ring (bicyclic) bond motifs is 7. The van der Waals surface area contributed by atoms with Gasteiger partial charge in [-0.25, -0.2) is 4.98 Å². The highest BCUT2D eigenvalue weighted by Crippen LogP contribution is 2.42. The van der Waals surface area contributed by atoms with E-state index in [1.807, 2.05) is 102 Å². The van der Waals surface area contributed by atoms with Gasteiger partial charge in [-0.3, -0.25) is 13.7 Å². The van der Waals surface area contributed by atoms with Crippen LogP contribution in [0.5, 0.6) is 11.5 Å². The van der Waals surface area contributed by atoms with E-state index >= 15 is 0 Å². The average molecular weight is 1100 g/mol. The van der Waals surface area contributed by atoms with Crippen LogP contribution in [0.4, 0.5) is 0 Å². The summed E-state index contributed by atoms with van der Waals surface area (Å²) in [5.41, 5.74) is 12.3. The molecule has 6 nitrogen and oxygen atoms in total. The number of pyridine rings is 1. The maximum absolute atomic E-state index is 9.33. The van der Waals surface area contributed by atoms with Crippen LogP contribution in [0.1, 0.15) is 92.7 Å². The summed E-state index contributed by atoms with van der Waals surface area (Å²) in [4.78, 5) is 5.01. The summed E-state index contributed by atoms with van der Waals surface area (Å²) in [5.74, 6) is 1.80. The molecule has 0 saturated carbocycles. The molecule has 0 aliphatic heterocycles. The Balaban J connectivity index is 0.980. The Hall–Kier alpha value is -9.78. The summed E-state index contributed by atoms with van der Waals surface area (Å²) in [6, 6.07) is 50.8. The Kier molecular flexibility index (Phi) is 10.0. The van der Waals surface area contributed by atoms with Crippen LogP contribution in [-0.4, -0.2) is 14.1 Å². The topological polar surface area (TPSA) is 49.0 Å². The van der Waals surface area contributed by atoms with E-state index < -0.39 is 60.4 Å². The summed E-state index contributed by atoms with van der Waals surface area (Å²) >= 11 is 0. The number of hydrogen-bond acceptors (Lipinski definition) is 3. The molecule has 14 rings (SSSR count). The Labute approximate surface area is 505 Å². The quantitative estimate of drug-likeness (QED) is 0.107. The second-order valence-electron chi connectivity index (χ2n) is 24.8. The van der Waals surface area contributed by atoms with Crippen molar-refractivity contribution in [3.63, 3.8) is 0 Å². The molecule has 4 heterocycles. The van der Waals surface area contributed by atoms with Gasteiger partial charge in [-0.1, -0.05) is 208 Å². The summed E-state index contributed by atoms with van der Waals surface area (Å²) in [7, 11) is 0. The van der Waals surface area contributed by atoms with E-state index in [2.05, 4.69) is 134 Å². The van der Waals surface area contributed by atoms with E-state index in [-0.39, 0.29) is 44.2 Å². The van der Waals surface area contributed by atoms with E-state index in [4.69, 9.17) is 22.4 Å². The number of furan rings is 1. The van der Waals surface area contributed by atoms with Crippen molar-refractivity contribution in [1.29, 1.82) is 0 Å². The van der Waals surface area contributed by atoms with E-state index in [1.165, 1.54) is 11.1 Å². The Bertz CT molecular complexity index is 5310. The molecule has 0 amide bonds. The zero-order valence-electron chi connectivity index (χ0n) is 58.3. The molecule has 410 valence electrons. The Morgan fingerprint density at radius 3 is 1.77 bits per heavy atom. The monoisotopic (exact) mass is 1100 g/mol. The molecule has 0 saturated heterocycles. The number of para-hydroxylation sites is 1. The van der Waals surface area contributed by atoms with Gasteiger partial charge in [0, 0.05) is 33.8 Å². The third kappa shape index (κ3) is 9.42. The fourth-order valence-electron chi connectivity index (χ4n) is 11.5. The third-order valence-corrected chi connectivity index (χ3v) is 16.0. The molecule has 0 atom stereocenters. The zero-order chi connectivity index (χ0) is 66.4. The summed E-state index contributed by atoms with van der Waals surface area (Å²) in [5, 5.41) is 3.59. The standard InChI is InChI=1S/C78H66N4O2/c1-76(2,3)56-37-38-79-74(44-56)82-68-35-31-54(55-39-57(77(4,5)6)43-58(40-55)78(7,8)9)41-65(68)64-34-33-61(46-69(64)82)83-60-28-19-27-59(45-60)80-49-81(75-62(51-23-15-11-16-24-51)29-20-30-63(75)52-25-17-12-18-26-52)70-47-67-66-42-53(50-21-13-10-14-22-50)32-36-72(66)84-73(67)48-71(70)80/h10-48H,1-9H3/i11D,12D,15D,16D,17D,18D,23D,24D,25D,26D. The molecule has 0 radical (unpaired) electrons. The first-order valence-electron chi connectivity index (χ1n) is 33.3. The second kappa shape index (κ2) is 20.0. The van der Waals surface area contributed by atoms with E-state index in [9.17, 15) is 5.48 Å². The van der Waals surface area contributed by atoms with Gasteiger partial charge < -0.3 is 9.15 Å². The van der Waals surface area contributed by atoms with Crippen LogP contribution in [0.15, 0.2) is 241 Å². The fourth-order valence-corrected chi connectivity index (χ4v) is 11.5. The van der Waals surface area contributed by atoms with Crippen LogP contribution in [0, 0.1) is 6.33 Å². The van der Waals surface area contributed by atoms with Gasteiger partial charge in [0.1, 0.15) is 28.5 Å². The molecular weight excluding hydrogens is 1020 g/mol. The Morgan fingerprint density at radius 1 is 0.452 bits per heavy atom. The van der Waals surface area contributed by atoms with E-state index in [0.29, 0.717) is 39.4 Å². The number of hydrogen-bond donors (Lipinski definition) is 0. The first-order valence-corrected chi connectivity index (χ1v) is 28.3.